The molecule has 1 aliphatic rings. The summed E-state index contributed by atoms with van der Waals surface area (Å²) >= 11 is 1.95. The Hall–Kier alpha value is 0.310. The molecule has 1 heterocycles. The van der Waals surface area contributed by atoms with E-state index >= 15 is 0 Å². The van der Waals surface area contributed by atoms with Crippen molar-refractivity contribution in [1.82, 2.24) is 0 Å². The Morgan fingerprint density at radius 2 is 2.33 bits per heavy atom. The predicted octanol–water partition coefficient (Wildman–Crippen LogP) is 2.68. The average molecular weight is 188 g/mol. The highest BCUT2D eigenvalue weighted by Crippen LogP contribution is 2.31. The van der Waals surface area contributed by atoms with E-state index in [-0.39, 0.29) is 6.10 Å². The number of aliphatic hydroxyl groups excluding tert-OH is 1. The molecule has 12 heavy (non-hydrogen) atoms. The van der Waals surface area contributed by atoms with E-state index in [1.54, 1.807) is 0 Å². The van der Waals surface area contributed by atoms with Gasteiger partial charge in [0.2, 0.25) is 0 Å². The molecule has 0 spiro atoms. The van der Waals surface area contributed by atoms with Gasteiger partial charge in [-0.2, -0.15) is 11.8 Å². The van der Waals surface area contributed by atoms with Crippen LogP contribution in [0.5, 0.6) is 0 Å². The molecule has 0 bridgehead atoms. The fourth-order valence-corrected chi connectivity index (χ4v) is 2.94. The normalized spacial score (nSPS) is 28.8. The molecule has 0 aromatic rings. The van der Waals surface area contributed by atoms with E-state index in [1.807, 2.05) is 11.8 Å². The number of hydrogen-bond donors (Lipinski definition) is 1. The van der Waals surface area contributed by atoms with Crippen LogP contribution in [0.2, 0.25) is 0 Å². The maximum absolute atomic E-state index is 9.83. The van der Waals surface area contributed by atoms with Gasteiger partial charge in [-0.3, -0.25) is 0 Å². The molecule has 72 valence electrons. The van der Waals surface area contributed by atoms with Crippen molar-refractivity contribution in [3.05, 3.63) is 0 Å². The van der Waals surface area contributed by atoms with Crippen molar-refractivity contribution in [2.24, 2.45) is 5.92 Å². The lowest BCUT2D eigenvalue weighted by molar-refractivity contribution is 0.140. The topological polar surface area (TPSA) is 20.2 Å². The lowest BCUT2D eigenvalue weighted by Crippen LogP contribution is -2.22. The lowest BCUT2D eigenvalue weighted by Gasteiger charge is -2.19. The fourth-order valence-electron chi connectivity index (χ4n) is 1.64. The van der Waals surface area contributed by atoms with E-state index in [9.17, 15) is 5.11 Å². The van der Waals surface area contributed by atoms with Crippen molar-refractivity contribution in [3.63, 3.8) is 0 Å². The number of thioether (sulfide) groups is 1. The van der Waals surface area contributed by atoms with E-state index in [2.05, 4.69) is 13.8 Å². The molecule has 0 aliphatic carbocycles. The summed E-state index contributed by atoms with van der Waals surface area (Å²) in [7, 11) is 0. The third-order valence-corrected chi connectivity index (χ3v) is 4.24. The lowest BCUT2D eigenvalue weighted by atomic mass is 9.98. The number of rotatable bonds is 4. The third kappa shape index (κ3) is 2.98. The molecule has 0 saturated carbocycles. The van der Waals surface area contributed by atoms with Crippen LogP contribution in [0.3, 0.4) is 0 Å². The summed E-state index contributed by atoms with van der Waals surface area (Å²) in [5.41, 5.74) is 0. The van der Waals surface area contributed by atoms with Gasteiger partial charge in [0, 0.05) is 5.25 Å². The summed E-state index contributed by atoms with van der Waals surface area (Å²) < 4.78 is 0. The van der Waals surface area contributed by atoms with E-state index < -0.39 is 0 Å². The molecular formula is C10H20OS. The summed E-state index contributed by atoms with van der Waals surface area (Å²) in [4.78, 5) is 0. The van der Waals surface area contributed by atoms with Gasteiger partial charge >= 0.3 is 0 Å². The molecule has 0 amide bonds. The van der Waals surface area contributed by atoms with Crippen LogP contribution in [0.25, 0.3) is 0 Å². The molecule has 1 N–H and O–H groups in total. The van der Waals surface area contributed by atoms with Crippen LogP contribution in [0.15, 0.2) is 0 Å². The predicted molar refractivity (Wildman–Crippen MR) is 55.6 cm³/mol. The largest absolute Gasteiger partial charge is 0.392 e. The molecule has 1 aliphatic heterocycles. The standard InChI is InChI=1S/C10H20OS/c1-3-8(2)7-9(11)10-5-4-6-12-10/h8-11H,3-7H2,1-2H3. The Balaban J connectivity index is 2.21. The third-order valence-electron chi connectivity index (χ3n) is 2.73. The van der Waals surface area contributed by atoms with Gasteiger partial charge in [0.05, 0.1) is 6.10 Å². The van der Waals surface area contributed by atoms with Crippen molar-refractivity contribution < 1.29 is 5.11 Å². The Morgan fingerprint density at radius 3 is 2.83 bits per heavy atom. The fraction of sp³-hybridized carbons (Fsp3) is 1.00. The number of aliphatic hydroxyl groups is 1. The van der Waals surface area contributed by atoms with Crippen LogP contribution in [-0.2, 0) is 0 Å². The van der Waals surface area contributed by atoms with Crippen molar-refractivity contribution >= 4 is 11.8 Å². The SMILES string of the molecule is CCC(C)CC(O)C1CCCS1. The number of hydrogen-bond acceptors (Lipinski definition) is 2. The molecule has 1 nitrogen and oxygen atoms in total. The Kier molecular flexibility index (Phi) is 4.44. The average Bonchev–Trinajstić information content (AvgIpc) is 2.56. The minimum absolute atomic E-state index is 0.0487. The zero-order valence-electron chi connectivity index (χ0n) is 8.12. The summed E-state index contributed by atoms with van der Waals surface area (Å²) in [5.74, 6) is 1.93. The smallest absolute Gasteiger partial charge is 0.0661 e. The van der Waals surface area contributed by atoms with Gasteiger partial charge in [-0.25, -0.2) is 0 Å². The second-order valence-electron chi connectivity index (χ2n) is 3.87. The van der Waals surface area contributed by atoms with E-state index in [1.165, 1.54) is 25.0 Å². The molecular weight excluding hydrogens is 168 g/mol. The molecule has 0 radical (unpaired) electrons. The van der Waals surface area contributed by atoms with Crippen LogP contribution in [0, 0.1) is 5.92 Å². The first-order valence-corrected chi connectivity index (χ1v) is 6.08. The minimum atomic E-state index is -0.0487. The molecule has 1 fully saturated rings. The Bertz CT molecular complexity index is 121. The van der Waals surface area contributed by atoms with Gasteiger partial charge in [-0.1, -0.05) is 20.3 Å². The molecule has 1 saturated heterocycles. The highest BCUT2D eigenvalue weighted by atomic mass is 32.2. The second kappa shape index (κ2) is 5.13. The monoisotopic (exact) mass is 188 g/mol. The first kappa shape index (κ1) is 10.4. The van der Waals surface area contributed by atoms with Crippen LogP contribution in [0.4, 0.5) is 0 Å². The maximum Gasteiger partial charge on any atom is 0.0661 e. The van der Waals surface area contributed by atoms with Crippen molar-refractivity contribution in [2.75, 3.05) is 5.75 Å². The molecule has 1 rings (SSSR count). The van der Waals surface area contributed by atoms with Gasteiger partial charge < -0.3 is 5.11 Å². The van der Waals surface area contributed by atoms with Crippen LogP contribution < -0.4 is 0 Å². The first-order valence-electron chi connectivity index (χ1n) is 5.03. The summed E-state index contributed by atoms with van der Waals surface area (Å²) in [6, 6.07) is 0. The Morgan fingerprint density at radius 1 is 1.58 bits per heavy atom. The highest BCUT2D eigenvalue weighted by molar-refractivity contribution is 8.00. The first-order chi connectivity index (χ1) is 5.74. The molecule has 2 heteroatoms. The second-order valence-corrected chi connectivity index (χ2v) is 5.22. The Labute approximate surface area is 79.9 Å². The van der Waals surface area contributed by atoms with Crippen molar-refractivity contribution in [3.8, 4) is 0 Å². The van der Waals surface area contributed by atoms with Gasteiger partial charge in [-0.15, -0.1) is 0 Å². The van der Waals surface area contributed by atoms with Gasteiger partial charge in [0.25, 0.3) is 0 Å². The van der Waals surface area contributed by atoms with Crippen LogP contribution in [0.1, 0.15) is 39.5 Å². The van der Waals surface area contributed by atoms with E-state index in [0.29, 0.717) is 11.2 Å². The molecule has 0 aromatic carbocycles. The zero-order valence-corrected chi connectivity index (χ0v) is 8.94. The quantitative estimate of drug-likeness (QED) is 0.732. The summed E-state index contributed by atoms with van der Waals surface area (Å²) in [6.07, 6.45) is 4.66. The van der Waals surface area contributed by atoms with E-state index in [4.69, 9.17) is 0 Å². The van der Waals surface area contributed by atoms with Crippen LogP contribution in [-0.4, -0.2) is 22.2 Å². The molecule has 0 aromatic heterocycles. The van der Waals surface area contributed by atoms with Crippen molar-refractivity contribution in [1.29, 1.82) is 0 Å². The maximum atomic E-state index is 9.83. The summed E-state index contributed by atoms with van der Waals surface area (Å²) in [6.45, 7) is 4.42. The van der Waals surface area contributed by atoms with Gasteiger partial charge in [0.15, 0.2) is 0 Å². The van der Waals surface area contributed by atoms with Crippen LogP contribution >= 0.6 is 11.8 Å². The van der Waals surface area contributed by atoms with Gasteiger partial charge in [0.1, 0.15) is 0 Å². The zero-order chi connectivity index (χ0) is 8.97. The van der Waals surface area contributed by atoms with Crippen molar-refractivity contribution in [2.45, 2.75) is 50.9 Å². The molecule has 3 unspecified atom stereocenters. The minimum Gasteiger partial charge on any atom is -0.392 e. The molecule has 3 atom stereocenters. The highest BCUT2D eigenvalue weighted by Gasteiger charge is 2.24. The summed E-state index contributed by atoms with van der Waals surface area (Å²) in [5, 5.41) is 10.4. The van der Waals surface area contributed by atoms with E-state index in [0.717, 1.165) is 6.42 Å². The van der Waals surface area contributed by atoms with Gasteiger partial charge in [-0.05, 0) is 30.9 Å².